The summed E-state index contributed by atoms with van der Waals surface area (Å²) in [5, 5.41) is 13.4. The Morgan fingerprint density at radius 2 is 1.92 bits per heavy atom. The van der Waals surface area contributed by atoms with Gasteiger partial charge in [0.15, 0.2) is 0 Å². The summed E-state index contributed by atoms with van der Waals surface area (Å²) in [4.78, 5) is 13.3. The number of hydrogen-bond acceptors (Lipinski definition) is 5. The molecule has 0 fully saturated rings. The molecule has 0 unspecified atom stereocenters. The first kappa shape index (κ1) is 17.4. The van der Waals surface area contributed by atoms with Crippen LogP contribution in [0.2, 0.25) is 0 Å². The highest BCUT2D eigenvalue weighted by Crippen LogP contribution is 2.36. The van der Waals surface area contributed by atoms with Crippen LogP contribution in [0.4, 0.5) is 29.3 Å². The van der Waals surface area contributed by atoms with Crippen molar-refractivity contribution in [2.45, 2.75) is 6.18 Å². The van der Waals surface area contributed by atoms with Crippen molar-refractivity contribution in [3.63, 3.8) is 0 Å². The summed E-state index contributed by atoms with van der Waals surface area (Å²) in [6.45, 7) is 0. The van der Waals surface area contributed by atoms with Gasteiger partial charge in [0.05, 0.1) is 16.9 Å². The number of urea groups is 1. The maximum absolute atomic E-state index is 13.0. The number of carbonyl (C=O) groups is 1. The lowest BCUT2D eigenvalue weighted by Crippen LogP contribution is -2.41. The fourth-order valence-corrected chi connectivity index (χ4v) is 2.39. The lowest BCUT2D eigenvalue weighted by Gasteiger charge is -2.24. The third-order valence-electron chi connectivity index (χ3n) is 3.49. The molecule has 3 rings (SSSR count). The van der Waals surface area contributed by atoms with Gasteiger partial charge in [-0.15, -0.1) is 10.2 Å². The predicted molar refractivity (Wildman–Crippen MR) is 85.9 cm³/mol. The summed E-state index contributed by atoms with van der Waals surface area (Å²) in [6, 6.07) is 9.90. The number of benzene rings is 2. The average Bonchev–Trinajstić information content (AvgIpc) is 3.16. The molecule has 0 saturated carbocycles. The van der Waals surface area contributed by atoms with E-state index in [2.05, 4.69) is 20.6 Å². The number of para-hydroxylation sites is 1. The fraction of sp³-hybridized carbons (Fsp3) is 0.0667. The fourth-order valence-electron chi connectivity index (χ4n) is 2.39. The normalized spacial score (nSPS) is 11.2. The predicted octanol–water partition coefficient (Wildman–Crippen LogP) is 2.61. The Kier molecular flexibility index (Phi) is 4.54. The number of tetrazole rings is 1. The van der Waals surface area contributed by atoms with Crippen molar-refractivity contribution in [3.05, 3.63) is 54.1 Å². The average molecular weight is 363 g/mol. The molecule has 0 aliphatic carbocycles. The van der Waals surface area contributed by atoms with E-state index in [0.717, 1.165) is 17.0 Å². The van der Waals surface area contributed by atoms with E-state index in [1.54, 1.807) is 18.2 Å². The van der Waals surface area contributed by atoms with E-state index in [4.69, 9.17) is 5.84 Å². The summed E-state index contributed by atoms with van der Waals surface area (Å²) in [6.07, 6.45) is -4.56. The van der Waals surface area contributed by atoms with Crippen LogP contribution in [0.5, 0.6) is 0 Å². The molecule has 26 heavy (non-hydrogen) atoms. The molecule has 0 saturated heterocycles. The van der Waals surface area contributed by atoms with Crippen molar-refractivity contribution in [1.29, 1.82) is 0 Å². The van der Waals surface area contributed by atoms with E-state index in [9.17, 15) is 18.0 Å². The number of H-pyrrole nitrogens is 1. The summed E-state index contributed by atoms with van der Waals surface area (Å²) >= 11 is 0. The number of halogens is 3. The molecule has 8 nitrogen and oxygen atoms in total. The molecule has 0 radical (unpaired) electrons. The zero-order chi connectivity index (χ0) is 18.7. The van der Waals surface area contributed by atoms with Crippen LogP contribution in [0.1, 0.15) is 5.56 Å². The van der Waals surface area contributed by atoms with Crippen molar-refractivity contribution in [3.8, 4) is 11.4 Å². The van der Waals surface area contributed by atoms with Crippen molar-refractivity contribution >= 4 is 17.4 Å². The molecular formula is C15H12F3N7O. The van der Waals surface area contributed by atoms with Crippen LogP contribution in [-0.2, 0) is 6.18 Å². The number of alkyl halides is 3. The highest BCUT2D eigenvalue weighted by Gasteiger charge is 2.32. The summed E-state index contributed by atoms with van der Waals surface area (Å²) in [7, 11) is 0. The Bertz CT molecular complexity index is 912. The Labute approximate surface area is 144 Å². The van der Waals surface area contributed by atoms with Crippen molar-refractivity contribution in [2.75, 3.05) is 4.90 Å². The second kappa shape index (κ2) is 6.80. The van der Waals surface area contributed by atoms with Crippen LogP contribution in [0.3, 0.4) is 0 Å². The quantitative estimate of drug-likeness (QED) is 0.376. The zero-order valence-electron chi connectivity index (χ0n) is 13.0. The molecule has 3 aromatic rings. The molecule has 0 aliphatic heterocycles. The van der Waals surface area contributed by atoms with Crippen LogP contribution in [0.25, 0.3) is 11.4 Å². The monoisotopic (exact) mass is 363 g/mol. The Morgan fingerprint density at radius 3 is 2.58 bits per heavy atom. The van der Waals surface area contributed by atoms with Crippen molar-refractivity contribution in [2.24, 2.45) is 5.84 Å². The Balaban J connectivity index is 2.17. The topological polar surface area (TPSA) is 113 Å². The van der Waals surface area contributed by atoms with Gasteiger partial charge in [0.2, 0.25) is 5.82 Å². The number of nitrogens with one attached hydrogen (secondary N) is 2. The SMILES string of the molecule is NNC(=O)N(c1cccc(C(F)(F)F)c1)c1ccccc1-c1nn[nH]n1. The number of hydrazine groups is 1. The molecule has 11 heteroatoms. The molecule has 134 valence electrons. The maximum atomic E-state index is 13.0. The van der Waals surface area contributed by atoms with Gasteiger partial charge in [0.1, 0.15) is 0 Å². The van der Waals surface area contributed by atoms with Crippen molar-refractivity contribution < 1.29 is 18.0 Å². The molecule has 1 heterocycles. The standard InChI is InChI=1S/C15H12F3N7O/c16-15(17,18)9-4-3-5-10(8-9)25(14(26)20-19)12-7-2-1-6-11(12)13-21-23-24-22-13/h1-8H,19H2,(H,20,26)(H,21,22,23,24). The molecule has 2 aromatic carbocycles. The van der Waals surface area contributed by atoms with Gasteiger partial charge in [-0.05, 0) is 35.5 Å². The molecule has 0 atom stereocenters. The molecule has 2 amide bonds. The third kappa shape index (κ3) is 3.32. The number of anilines is 2. The van der Waals surface area contributed by atoms with Gasteiger partial charge < -0.3 is 0 Å². The number of amides is 2. The van der Waals surface area contributed by atoms with E-state index < -0.39 is 17.8 Å². The number of aromatic amines is 1. The third-order valence-corrected chi connectivity index (χ3v) is 3.49. The van der Waals surface area contributed by atoms with Gasteiger partial charge in [0.25, 0.3) is 0 Å². The molecule has 0 aliphatic rings. The second-order valence-corrected chi connectivity index (χ2v) is 5.09. The number of carbonyl (C=O) groups excluding carboxylic acids is 1. The lowest BCUT2D eigenvalue weighted by molar-refractivity contribution is -0.137. The van der Waals surface area contributed by atoms with Gasteiger partial charge in [-0.2, -0.15) is 18.4 Å². The van der Waals surface area contributed by atoms with E-state index in [1.165, 1.54) is 18.2 Å². The number of nitrogens with two attached hydrogens (primary N) is 1. The highest BCUT2D eigenvalue weighted by atomic mass is 19.4. The van der Waals surface area contributed by atoms with Crippen molar-refractivity contribution in [1.82, 2.24) is 26.0 Å². The zero-order valence-corrected chi connectivity index (χ0v) is 13.0. The van der Waals surface area contributed by atoms with Gasteiger partial charge in [0, 0.05) is 5.56 Å². The number of aromatic nitrogens is 4. The summed E-state index contributed by atoms with van der Waals surface area (Å²) in [5.41, 5.74) is 1.61. The van der Waals surface area contributed by atoms with Crippen LogP contribution in [0, 0.1) is 0 Å². The number of hydrogen-bond donors (Lipinski definition) is 3. The first-order valence-electron chi connectivity index (χ1n) is 7.22. The molecule has 0 spiro atoms. The van der Waals surface area contributed by atoms with Crippen LogP contribution in [-0.4, -0.2) is 26.7 Å². The molecular weight excluding hydrogens is 351 g/mol. The first-order chi connectivity index (χ1) is 12.4. The maximum Gasteiger partial charge on any atom is 0.416 e. The minimum Gasteiger partial charge on any atom is -0.275 e. The minimum absolute atomic E-state index is 0.0290. The molecule has 4 N–H and O–H groups in total. The summed E-state index contributed by atoms with van der Waals surface area (Å²) < 4.78 is 39.1. The largest absolute Gasteiger partial charge is 0.416 e. The van der Waals surface area contributed by atoms with Gasteiger partial charge in [-0.25, -0.2) is 10.6 Å². The lowest BCUT2D eigenvalue weighted by atomic mass is 10.1. The van der Waals surface area contributed by atoms with Gasteiger partial charge in [-0.3, -0.25) is 10.3 Å². The van der Waals surface area contributed by atoms with E-state index in [1.807, 2.05) is 5.43 Å². The van der Waals surface area contributed by atoms with Gasteiger partial charge in [-0.1, -0.05) is 18.2 Å². The molecule has 1 aromatic heterocycles. The first-order valence-corrected chi connectivity index (χ1v) is 7.22. The Morgan fingerprint density at radius 1 is 1.15 bits per heavy atom. The summed E-state index contributed by atoms with van der Waals surface area (Å²) in [5.74, 6) is 5.40. The Hall–Kier alpha value is -3.47. The van der Waals surface area contributed by atoms with E-state index in [-0.39, 0.29) is 17.2 Å². The molecule has 0 bridgehead atoms. The number of rotatable bonds is 3. The smallest absolute Gasteiger partial charge is 0.275 e. The van der Waals surface area contributed by atoms with Crippen LogP contribution >= 0.6 is 0 Å². The minimum atomic E-state index is -4.56. The van der Waals surface area contributed by atoms with E-state index >= 15 is 0 Å². The highest BCUT2D eigenvalue weighted by molar-refractivity contribution is 6.02. The number of nitrogens with zero attached hydrogens (tertiary/aromatic N) is 4. The van der Waals surface area contributed by atoms with Gasteiger partial charge >= 0.3 is 12.2 Å². The second-order valence-electron chi connectivity index (χ2n) is 5.09. The van der Waals surface area contributed by atoms with Crippen LogP contribution < -0.4 is 16.2 Å². The van der Waals surface area contributed by atoms with Crippen LogP contribution in [0.15, 0.2) is 48.5 Å². The van der Waals surface area contributed by atoms with E-state index in [0.29, 0.717) is 5.56 Å².